The number of unbranched alkanes of at least 4 members (excludes halogenated alkanes) is 1. The summed E-state index contributed by atoms with van der Waals surface area (Å²) in [5.41, 5.74) is 5.33. The number of nitrogens with zero attached hydrogens (tertiary/aromatic N) is 1. The quantitative estimate of drug-likeness (QED) is 0.487. The van der Waals surface area contributed by atoms with Gasteiger partial charge in [0.1, 0.15) is 6.04 Å². The zero-order chi connectivity index (χ0) is 17.2. The van der Waals surface area contributed by atoms with Gasteiger partial charge < -0.3 is 4.90 Å². The van der Waals surface area contributed by atoms with Crippen molar-refractivity contribution in [3.63, 3.8) is 0 Å². The molecule has 126 valence electrons. The normalized spacial score (nSPS) is 17.3. The second kappa shape index (κ2) is 6.93. The van der Waals surface area contributed by atoms with E-state index in [1.165, 1.54) is 5.57 Å². The van der Waals surface area contributed by atoms with Crippen LogP contribution in [-0.4, -0.2) is 17.5 Å². The summed E-state index contributed by atoms with van der Waals surface area (Å²) in [6, 6.07) is 5.53. The lowest BCUT2D eigenvalue weighted by molar-refractivity contribution is -0.122. The third kappa shape index (κ3) is 3.54. The van der Waals surface area contributed by atoms with Gasteiger partial charge in [0.05, 0.1) is 5.54 Å². The van der Waals surface area contributed by atoms with Gasteiger partial charge in [0.25, 0.3) is 5.91 Å². The van der Waals surface area contributed by atoms with Crippen LogP contribution in [-0.2, 0) is 4.79 Å². The van der Waals surface area contributed by atoms with E-state index >= 15 is 0 Å². The van der Waals surface area contributed by atoms with Crippen molar-refractivity contribution < 1.29 is 4.79 Å². The summed E-state index contributed by atoms with van der Waals surface area (Å²) >= 11 is 6.17. The molecular weight excluding hydrogens is 310 g/mol. The van der Waals surface area contributed by atoms with E-state index in [0.717, 1.165) is 30.5 Å². The van der Waals surface area contributed by atoms with E-state index in [1.54, 1.807) is 0 Å². The summed E-state index contributed by atoms with van der Waals surface area (Å²) in [5.74, 6) is 5.30. The van der Waals surface area contributed by atoms with Gasteiger partial charge in [0, 0.05) is 16.3 Å². The first-order valence-electron chi connectivity index (χ1n) is 8.11. The van der Waals surface area contributed by atoms with Crippen LogP contribution >= 0.6 is 11.6 Å². The van der Waals surface area contributed by atoms with Crippen molar-refractivity contribution in [2.75, 3.05) is 4.90 Å². The number of anilines is 1. The van der Waals surface area contributed by atoms with Crippen LogP contribution < -0.4 is 16.2 Å². The lowest BCUT2D eigenvalue weighted by Crippen LogP contribution is -2.57. The first-order valence-corrected chi connectivity index (χ1v) is 8.48. The van der Waals surface area contributed by atoms with Crippen LogP contribution in [0.25, 0.3) is 5.57 Å². The molecule has 1 atom stereocenters. The number of carbonyl (C=O) groups is 1. The molecule has 1 heterocycles. The molecule has 0 aromatic heterocycles. The van der Waals surface area contributed by atoms with E-state index in [4.69, 9.17) is 17.4 Å². The Hall–Kier alpha value is -1.52. The SMILES string of the molecule is CCCC[C@@H](C(=O)NN)N1c2ccc(Cl)cc2C(C)=CC1(C)C. The Morgan fingerprint density at radius 3 is 2.74 bits per heavy atom. The summed E-state index contributed by atoms with van der Waals surface area (Å²) in [6.45, 7) is 8.45. The molecule has 1 aromatic rings. The first kappa shape index (κ1) is 17.8. The fourth-order valence-corrected chi connectivity index (χ4v) is 3.63. The number of fused-ring (bicyclic) bond motifs is 1. The zero-order valence-corrected chi connectivity index (χ0v) is 15.1. The number of carbonyl (C=O) groups excluding carboxylic acids is 1. The van der Waals surface area contributed by atoms with E-state index < -0.39 is 0 Å². The molecule has 1 amide bonds. The number of rotatable bonds is 5. The molecule has 0 aliphatic carbocycles. The van der Waals surface area contributed by atoms with Crippen molar-refractivity contribution in [3.05, 3.63) is 34.9 Å². The number of allylic oxidation sites excluding steroid dienone is 1. The van der Waals surface area contributed by atoms with Gasteiger partial charge in [0.2, 0.25) is 0 Å². The van der Waals surface area contributed by atoms with Gasteiger partial charge >= 0.3 is 0 Å². The molecule has 0 bridgehead atoms. The Kier molecular flexibility index (Phi) is 5.37. The lowest BCUT2D eigenvalue weighted by atomic mass is 9.86. The molecule has 0 unspecified atom stereocenters. The van der Waals surface area contributed by atoms with Crippen LogP contribution in [0.1, 0.15) is 52.5 Å². The van der Waals surface area contributed by atoms with Crippen LogP contribution in [0.15, 0.2) is 24.3 Å². The van der Waals surface area contributed by atoms with Crippen LogP contribution in [0.3, 0.4) is 0 Å². The molecule has 0 radical (unpaired) electrons. The molecule has 0 saturated carbocycles. The Morgan fingerprint density at radius 1 is 1.43 bits per heavy atom. The first-order chi connectivity index (χ1) is 10.8. The average molecular weight is 336 g/mol. The number of nitrogens with two attached hydrogens (primary N) is 1. The van der Waals surface area contributed by atoms with Crippen LogP contribution in [0.2, 0.25) is 5.02 Å². The minimum absolute atomic E-state index is 0.152. The van der Waals surface area contributed by atoms with Gasteiger partial charge in [-0.25, -0.2) is 5.84 Å². The summed E-state index contributed by atoms with van der Waals surface area (Å²) in [4.78, 5) is 14.6. The van der Waals surface area contributed by atoms with Gasteiger partial charge in [-0.05, 0) is 51.0 Å². The van der Waals surface area contributed by atoms with Gasteiger partial charge in [-0.3, -0.25) is 10.2 Å². The number of hydrogen-bond acceptors (Lipinski definition) is 3. The maximum Gasteiger partial charge on any atom is 0.256 e. The second-order valence-corrected chi connectivity index (χ2v) is 7.12. The number of amides is 1. The molecule has 1 aromatic carbocycles. The summed E-state index contributed by atoms with van der Waals surface area (Å²) in [7, 11) is 0. The summed E-state index contributed by atoms with van der Waals surface area (Å²) < 4.78 is 0. The standard InChI is InChI=1S/C18H26ClN3O/c1-5-6-7-16(17(23)21-20)22-15-9-8-13(19)10-14(15)12(2)11-18(22,3)4/h8-11,16H,5-7,20H2,1-4H3,(H,21,23)/t16-/m0/s1. The van der Waals surface area contributed by atoms with Gasteiger partial charge in [0.15, 0.2) is 0 Å². The predicted octanol–water partition coefficient (Wildman–Crippen LogP) is 3.89. The van der Waals surface area contributed by atoms with Crippen molar-refractivity contribution in [2.24, 2.45) is 5.84 Å². The Labute approximate surface area is 143 Å². The topological polar surface area (TPSA) is 58.4 Å². The molecule has 1 aliphatic heterocycles. The molecule has 3 N–H and O–H groups in total. The largest absolute Gasteiger partial charge is 0.350 e. The van der Waals surface area contributed by atoms with E-state index in [0.29, 0.717) is 5.02 Å². The lowest BCUT2D eigenvalue weighted by Gasteiger charge is -2.47. The van der Waals surface area contributed by atoms with Gasteiger partial charge in [-0.2, -0.15) is 0 Å². The van der Waals surface area contributed by atoms with Crippen molar-refractivity contribution in [3.8, 4) is 0 Å². The van der Waals surface area contributed by atoms with Gasteiger partial charge in [-0.15, -0.1) is 0 Å². The maximum atomic E-state index is 12.4. The van der Waals surface area contributed by atoms with Crippen LogP contribution in [0.4, 0.5) is 5.69 Å². The predicted molar refractivity (Wildman–Crippen MR) is 97.3 cm³/mol. The fourth-order valence-electron chi connectivity index (χ4n) is 3.46. The van der Waals surface area contributed by atoms with E-state index in [9.17, 15) is 4.79 Å². The minimum Gasteiger partial charge on any atom is -0.350 e. The fraction of sp³-hybridized carbons (Fsp3) is 0.500. The number of hydrogen-bond donors (Lipinski definition) is 2. The van der Waals surface area contributed by atoms with E-state index in [2.05, 4.69) is 44.1 Å². The summed E-state index contributed by atoms with van der Waals surface area (Å²) in [6.07, 6.45) is 4.95. The molecule has 0 fully saturated rings. The number of halogens is 1. The van der Waals surface area contributed by atoms with Crippen molar-refractivity contribution in [2.45, 2.75) is 58.5 Å². The van der Waals surface area contributed by atoms with Crippen LogP contribution in [0.5, 0.6) is 0 Å². The Morgan fingerprint density at radius 2 is 2.13 bits per heavy atom. The molecule has 5 heteroatoms. The third-order valence-electron chi connectivity index (χ3n) is 4.42. The minimum atomic E-state index is -0.306. The highest BCUT2D eigenvalue weighted by atomic mass is 35.5. The molecule has 23 heavy (non-hydrogen) atoms. The molecule has 2 rings (SSSR count). The maximum absolute atomic E-state index is 12.4. The molecule has 1 aliphatic rings. The van der Waals surface area contributed by atoms with E-state index in [-0.39, 0.29) is 17.5 Å². The van der Waals surface area contributed by atoms with Crippen LogP contribution in [0, 0.1) is 0 Å². The Bertz CT molecular complexity index is 625. The highest BCUT2D eigenvalue weighted by molar-refractivity contribution is 6.30. The second-order valence-electron chi connectivity index (χ2n) is 6.68. The molecule has 4 nitrogen and oxygen atoms in total. The number of benzene rings is 1. The molecule has 0 spiro atoms. The zero-order valence-electron chi connectivity index (χ0n) is 14.3. The highest BCUT2D eigenvalue weighted by Crippen LogP contribution is 2.41. The number of hydrazine groups is 1. The number of nitrogens with one attached hydrogen (secondary N) is 1. The smallest absolute Gasteiger partial charge is 0.256 e. The van der Waals surface area contributed by atoms with Crippen molar-refractivity contribution in [1.82, 2.24) is 5.43 Å². The third-order valence-corrected chi connectivity index (χ3v) is 4.66. The van der Waals surface area contributed by atoms with Gasteiger partial charge in [-0.1, -0.05) is 37.4 Å². The summed E-state index contributed by atoms with van der Waals surface area (Å²) in [5, 5.41) is 0.699. The van der Waals surface area contributed by atoms with Crippen molar-refractivity contribution in [1.29, 1.82) is 0 Å². The average Bonchev–Trinajstić information content (AvgIpc) is 2.49. The van der Waals surface area contributed by atoms with Crippen molar-refractivity contribution >= 4 is 28.8 Å². The Balaban J connectivity index is 2.55. The van der Waals surface area contributed by atoms with E-state index in [1.807, 2.05) is 18.2 Å². The highest BCUT2D eigenvalue weighted by Gasteiger charge is 2.38. The molecular formula is C18H26ClN3O. The molecule has 0 saturated heterocycles. The monoisotopic (exact) mass is 335 g/mol.